The van der Waals surface area contributed by atoms with Crippen LogP contribution in [0.15, 0.2) is 24.3 Å². The van der Waals surface area contributed by atoms with Gasteiger partial charge in [-0.1, -0.05) is 37.6 Å². The number of hydrogen-bond acceptors (Lipinski definition) is 1. The second kappa shape index (κ2) is 5.05. The van der Waals surface area contributed by atoms with Gasteiger partial charge in [-0.15, -0.1) is 0 Å². The first-order chi connectivity index (χ1) is 8.83. The highest BCUT2D eigenvalue weighted by Gasteiger charge is 2.35. The fraction of sp³-hybridized carbons (Fsp3) is 0.647. The van der Waals surface area contributed by atoms with E-state index in [1.807, 2.05) is 0 Å². The first-order valence-electron chi connectivity index (χ1n) is 7.64. The Morgan fingerprint density at radius 3 is 2.78 bits per heavy atom. The monoisotopic (exact) mass is 243 g/mol. The lowest BCUT2D eigenvalue weighted by Gasteiger charge is -2.43. The summed E-state index contributed by atoms with van der Waals surface area (Å²) in [4.78, 5) is 0. The van der Waals surface area contributed by atoms with E-state index in [1.54, 1.807) is 11.1 Å². The van der Waals surface area contributed by atoms with Crippen molar-refractivity contribution in [2.45, 2.75) is 57.9 Å². The fourth-order valence-electron chi connectivity index (χ4n) is 3.64. The molecule has 1 aromatic carbocycles. The van der Waals surface area contributed by atoms with Crippen LogP contribution < -0.4 is 5.32 Å². The predicted octanol–water partition coefficient (Wildman–Crippen LogP) is 4.23. The van der Waals surface area contributed by atoms with Gasteiger partial charge in [-0.2, -0.15) is 0 Å². The van der Waals surface area contributed by atoms with Crippen molar-refractivity contribution in [2.24, 2.45) is 5.41 Å². The molecule has 0 heterocycles. The lowest BCUT2D eigenvalue weighted by atomic mass is 9.67. The quantitative estimate of drug-likeness (QED) is 0.834. The van der Waals surface area contributed by atoms with Crippen LogP contribution in [0.5, 0.6) is 0 Å². The van der Waals surface area contributed by atoms with Crippen molar-refractivity contribution in [1.29, 1.82) is 0 Å². The SMILES string of the molecule is CCC1(CNC2CCCc3ccccc32)CCC1. The third kappa shape index (κ3) is 2.21. The second-order valence-electron chi connectivity index (χ2n) is 6.23. The van der Waals surface area contributed by atoms with Crippen LogP contribution in [-0.4, -0.2) is 6.54 Å². The van der Waals surface area contributed by atoms with Crippen LogP contribution in [0.1, 0.15) is 62.6 Å². The van der Waals surface area contributed by atoms with Crippen molar-refractivity contribution in [3.8, 4) is 0 Å². The summed E-state index contributed by atoms with van der Waals surface area (Å²) < 4.78 is 0. The Balaban J connectivity index is 1.67. The van der Waals surface area contributed by atoms with Crippen molar-refractivity contribution in [3.63, 3.8) is 0 Å². The molecule has 0 amide bonds. The summed E-state index contributed by atoms with van der Waals surface area (Å²) >= 11 is 0. The average Bonchev–Trinajstić information content (AvgIpc) is 2.38. The summed E-state index contributed by atoms with van der Waals surface area (Å²) in [7, 11) is 0. The molecule has 1 unspecified atom stereocenters. The minimum absolute atomic E-state index is 0.610. The van der Waals surface area contributed by atoms with E-state index in [9.17, 15) is 0 Å². The summed E-state index contributed by atoms with van der Waals surface area (Å²) in [5.41, 5.74) is 3.77. The highest BCUT2D eigenvalue weighted by Crippen LogP contribution is 2.43. The molecule has 1 atom stereocenters. The van der Waals surface area contributed by atoms with Crippen LogP contribution in [0, 0.1) is 5.41 Å². The van der Waals surface area contributed by atoms with Crippen LogP contribution in [-0.2, 0) is 6.42 Å². The van der Waals surface area contributed by atoms with E-state index < -0.39 is 0 Å². The zero-order chi connectivity index (χ0) is 12.4. The molecule has 1 N–H and O–H groups in total. The Kier molecular flexibility index (Phi) is 3.43. The van der Waals surface area contributed by atoms with Crippen LogP contribution in [0.25, 0.3) is 0 Å². The van der Waals surface area contributed by atoms with E-state index in [2.05, 4.69) is 36.5 Å². The molecule has 98 valence electrons. The molecule has 2 aliphatic carbocycles. The highest BCUT2D eigenvalue weighted by atomic mass is 14.9. The van der Waals surface area contributed by atoms with E-state index in [4.69, 9.17) is 0 Å². The van der Waals surface area contributed by atoms with Crippen molar-refractivity contribution in [2.75, 3.05) is 6.54 Å². The Bertz CT molecular complexity index is 400. The van der Waals surface area contributed by atoms with Gasteiger partial charge >= 0.3 is 0 Å². The smallest absolute Gasteiger partial charge is 0.0323 e. The molecular formula is C17H25N. The van der Waals surface area contributed by atoms with Crippen LogP contribution in [0.4, 0.5) is 0 Å². The molecule has 1 saturated carbocycles. The molecule has 0 saturated heterocycles. The van der Waals surface area contributed by atoms with Crippen molar-refractivity contribution < 1.29 is 0 Å². The van der Waals surface area contributed by atoms with Gasteiger partial charge in [0.05, 0.1) is 0 Å². The molecule has 0 bridgehead atoms. The predicted molar refractivity (Wildman–Crippen MR) is 76.7 cm³/mol. The lowest BCUT2D eigenvalue weighted by Crippen LogP contribution is -2.41. The molecule has 2 aliphatic rings. The maximum atomic E-state index is 3.87. The third-order valence-electron chi connectivity index (χ3n) is 5.26. The standard InChI is InChI=1S/C17H25N/c1-2-17(11-6-12-17)13-18-16-10-5-8-14-7-3-4-9-15(14)16/h3-4,7,9,16,18H,2,5-6,8,10-13H2,1H3. The van der Waals surface area contributed by atoms with Gasteiger partial charge in [0, 0.05) is 12.6 Å². The molecule has 1 fully saturated rings. The first kappa shape index (κ1) is 12.2. The molecule has 1 heteroatoms. The molecule has 0 spiro atoms. The maximum Gasteiger partial charge on any atom is 0.0323 e. The van der Waals surface area contributed by atoms with Crippen molar-refractivity contribution in [3.05, 3.63) is 35.4 Å². The van der Waals surface area contributed by atoms with Gasteiger partial charge in [0.15, 0.2) is 0 Å². The molecule has 3 rings (SSSR count). The molecule has 1 aromatic rings. The van der Waals surface area contributed by atoms with E-state index in [0.717, 1.165) is 0 Å². The minimum atomic E-state index is 0.610. The molecule has 1 nitrogen and oxygen atoms in total. The van der Waals surface area contributed by atoms with Crippen molar-refractivity contribution in [1.82, 2.24) is 5.32 Å². The van der Waals surface area contributed by atoms with Gasteiger partial charge in [0.2, 0.25) is 0 Å². The van der Waals surface area contributed by atoms with Gasteiger partial charge < -0.3 is 5.32 Å². The highest BCUT2D eigenvalue weighted by molar-refractivity contribution is 5.32. The van der Waals surface area contributed by atoms with E-state index >= 15 is 0 Å². The topological polar surface area (TPSA) is 12.0 Å². The van der Waals surface area contributed by atoms with Crippen LogP contribution in [0.3, 0.4) is 0 Å². The zero-order valence-electron chi connectivity index (χ0n) is 11.5. The van der Waals surface area contributed by atoms with Gasteiger partial charge in [-0.25, -0.2) is 0 Å². The van der Waals surface area contributed by atoms with E-state index in [1.165, 1.54) is 51.5 Å². The Labute approximate surface area is 111 Å². The number of hydrogen-bond donors (Lipinski definition) is 1. The van der Waals surface area contributed by atoms with Crippen molar-refractivity contribution >= 4 is 0 Å². The largest absolute Gasteiger partial charge is 0.309 e. The third-order valence-corrected chi connectivity index (χ3v) is 5.26. The van der Waals surface area contributed by atoms with Crippen LogP contribution in [0.2, 0.25) is 0 Å². The van der Waals surface area contributed by atoms with Gasteiger partial charge in [0.25, 0.3) is 0 Å². The molecule has 0 aromatic heterocycles. The zero-order valence-corrected chi connectivity index (χ0v) is 11.5. The lowest BCUT2D eigenvalue weighted by molar-refractivity contribution is 0.117. The van der Waals surface area contributed by atoms with Crippen LogP contribution >= 0.6 is 0 Å². The number of aryl methyl sites for hydroxylation is 1. The summed E-state index contributed by atoms with van der Waals surface area (Å²) in [6.45, 7) is 3.58. The first-order valence-corrected chi connectivity index (χ1v) is 7.64. The number of fused-ring (bicyclic) bond motifs is 1. The van der Waals surface area contributed by atoms with E-state index in [0.29, 0.717) is 11.5 Å². The summed E-state index contributed by atoms with van der Waals surface area (Å²) in [6.07, 6.45) is 9.58. The minimum Gasteiger partial charge on any atom is -0.309 e. The average molecular weight is 243 g/mol. The molecular weight excluding hydrogens is 218 g/mol. The molecule has 18 heavy (non-hydrogen) atoms. The van der Waals surface area contributed by atoms with Gasteiger partial charge in [-0.05, 0) is 55.1 Å². The second-order valence-corrected chi connectivity index (χ2v) is 6.23. The molecule has 0 aliphatic heterocycles. The Morgan fingerprint density at radius 2 is 2.06 bits per heavy atom. The van der Waals surface area contributed by atoms with E-state index in [-0.39, 0.29) is 0 Å². The normalized spacial score (nSPS) is 25.3. The summed E-state index contributed by atoms with van der Waals surface area (Å²) in [6, 6.07) is 9.62. The Hall–Kier alpha value is -0.820. The molecule has 0 radical (unpaired) electrons. The number of rotatable bonds is 4. The van der Waals surface area contributed by atoms with Gasteiger partial charge in [-0.3, -0.25) is 0 Å². The number of nitrogens with one attached hydrogen (secondary N) is 1. The number of benzene rings is 1. The summed E-state index contributed by atoms with van der Waals surface area (Å²) in [5, 5.41) is 3.87. The Morgan fingerprint density at radius 1 is 1.22 bits per heavy atom. The van der Waals surface area contributed by atoms with Gasteiger partial charge in [0.1, 0.15) is 0 Å². The fourth-order valence-corrected chi connectivity index (χ4v) is 3.64. The summed E-state index contributed by atoms with van der Waals surface area (Å²) in [5.74, 6) is 0. The maximum absolute atomic E-state index is 3.87.